The van der Waals surface area contributed by atoms with Gasteiger partial charge in [0.1, 0.15) is 5.82 Å². The maximum Gasteiger partial charge on any atom is 0.223 e. The molecule has 0 aromatic carbocycles. The van der Waals surface area contributed by atoms with Crippen LogP contribution in [-0.4, -0.2) is 26.8 Å². The van der Waals surface area contributed by atoms with Crippen LogP contribution in [0.3, 0.4) is 0 Å². The van der Waals surface area contributed by atoms with Crippen LogP contribution in [0.2, 0.25) is 0 Å². The van der Waals surface area contributed by atoms with Gasteiger partial charge in [-0.25, -0.2) is 0 Å². The van der Waals surface area contributed by atoms with Crippen molar-refractivity contribution in [2.24, 2.45) is 5.92 Å². The fraction of sp³-hybridized carbons (Fsp3) is 0.400. The molecule has 0 fully saturated rings. The number of allylic oxidation sites excluding steroid dienone is 5. The largest absolute Gasteiger partial charge is 0.503 e. The minimum atomic E-state index is -0.826. The van der Waals surface area contributed by atoms with Gasteiger partial charge in [0.2, 0.25) is 5.43 Å². The third-order valence-electron chi connectivity index (χ3n) is 4.75. The van der Waals surface area contributed by atoms with Crippen LogP contribution in [0.4, 0.5) is 5.82 Å². The number of aliphatic hydroxyl groups is 1. The molecule has 0 bridgehead atoms. The number of nitrogens with one attached hydrogen (secondary N) is 2. The molecule has 2 atom stereocenters. The van der Waals surface area contributed by atoms with Crippen molar-refractivity contribution in [2.45, 2.75) is 53.1 Å². The summed E-state index contributed by atoms with van der Waals surface area (Å²) >= 11 is 0. The minimum Gasteiger partial charge on any atom is -0.503 e. The van der Waals surface area contributed by atoms with Gasteiger partial charge in [-0.1, -0.05) is 43.7 Å². The SMILES string of the molecule is C=C(CC(/C=C\C)/C=C(/C)CCC)n1cc(O)c(=O)cc1C(C)O.CNc1ccc[nH]1. The molecule has 2 heterocycles. The third kappa shape index (κ3) is 8.72. The molecule has 0 aliphatic heterocycles. The van der Waals surface area contributed by atoms with Crippen LogP contribution in [0.25, 0.3) is 5.70 Å². The number of rotatable bonds is 9. The van der Waals surface area contributed by atoms with Crippen molar-refractivity contribution in [1.82, 2.24) is 9.55 Å². The predicted octanol–water partition coefficient (Wildman–Crippen LogP) is 5.46. The smallest absolute Gasteiger partial charge is 0.223 e. The number of aromatic hydroxyl groups is 1. The van der Waals surface area contributed by atoms with Crippen LogP contribution < -0.4 is 10.7 Å². The molecule has 0 saturated carbocycles. The van der Waals surface area contributed by atoms with E-state index < -0.39 is 11.5 Å². The second-order valence-electron chi connectivity index (χ2n) is 7.55. The first-order chi connectivity index (χ1) is 14.7. The van der Waals surface area contributed by atoms with E-state index in [1.807, 2.05) is 38.4 Å². The van der Waals surface area contributed by atoms with Gasteiger partial charge in [0.25, 0.3) is 0 Å². The second-order valence-corrected chi connectivity index (χ2v) is 7.55. The van der Waals surface area contributed by atoms with Gasteiger partial charge in [-0.2, -0.15) is 0 Å². The monoisotopic (exact) mass is 427 g/mol. The van der Waals surface area contributed by atoms with E-state index in [1.54, 1.807) is 11.5 Å². The van der Waals surface area contributed by atoms with Crippen molar-refractivity contribution in [2.75, 3.05) is 12.4 Å². The third-order valence-corrected chi connectivity index (χ3v) is 4.75. The molecule has 2 rings (SSSR count). The number of aromatic amines is 1. The number of aromatic nitrogens is 2. The molecule has 2 unspecified atom stereocenters. The molecule has 4 N–H and O–H groups in total. The molecule has 2 aromatic rings. The van der Waals surface area contributed by atoms with Gasteiger partial charge in [0, 0.05) is 30.9 Å². The lowest BCUT2D eigenvalue weighted by atomic mass is 9.98. The Morgan fingerprint density at radius 1 is 1.42 bits per heavy atom. The maximum atomic E-state index is 11.6. The molecule has 6 heteroatoms. The summed E-state index contributed by atoms with van der Waals surface area (Å²) in [6.07, 6.45) is 11.5. The van der Waals surface area contributed by atoms with E-state index in [2.05, 4.69) is 42.9 Å². The highest BCUT2D eigenvalue weighted by atomic mass is 16.3. The van der Waals surface area contributed by atoms with Gasteiger partial charge in [0.15, 0.2) is 5.75 Å². The molecule has 31 heavy (non-hydrogen) atoms. The average Bonchev–Trinajstić information content (AvgIpc) is 3.24. The van der Waals surface area contributed by atoms with Crippen molar-refractivity contribution < 1.29 is 10.2 Å². The summed E-state index contributed by atoms with van der Waals surface area (Å²) in [5.74, 6) is 0.887. The van der Waals surface area contributed by atoms with Crippen LogP contribution in [0.15, 0.2) is 65.8 Å². The summed E-state index contributed by atoms with van der Waals surface area (Å²) in [5.41, 5.74) is 1.96. The number of anilines is 1. The first-order valence-corrected chi connectivity index (χ1v) is 10.7. The quantitative estimate of drug-likeness (QED) is 0.400. The molecule has 0 aliphatic carbocycles. The highest BCUT2D eigenvalue weighted by Gasteiger charge is 2.14. The Morgan fingerprint density at radius 3 is 2.61 bits per heavy atom. The highest BCUT2D eigenvalue weighted by molar-refractivity contribution is 5.47. The van der Waals surface area contributed by atoms with Gasteiger partial charge in [-0.3, -0.25) is 4.79 Å². The van der Waals surface area contributed by atoms with Crippen molar-refractivity contribution in [1.29, 1.82) is 0 Å². The number of aliphatic hydroxyl groups excluding tert-OH is 1. The van der Waals surface area contributed by atoms with Crippen molar-refractivity contribution >= 4 is 11.5 Å². The summed E-state index contributed by atoms with van der Waals surface area (Å²) in [7, 11) is 1.88. The molecule has 0 radical (unpaired) electrons. The summed E-state index contributed by atoms with van der Waals surface area (Å²) in [6, 6.07) is 5.18. The predicted molar refractivity (Wildman–Crippen MR) is 130 cm³/mol. The van der Waals surface area contributed by atoms with E-state index >= 15 is 0 Å². The van der Waals surface area contributed by atoms with E-state index in [9.17, 15) is 15.0 Å². The zero-order valence-corrected chi connectivity index (χ0v) is 19.4. The van der Waals surface area contributed by atoms with Crippen molar-refractivity contribution in [3.63, 3.8) is 0 Å². The Morgan fingerprint density at radius 2 is 2.13 bits per heavy atom. The molecular weight excluding hydrogens is 390 g/mol. The van der Waals surface area contributed by atoms with Crippen LogP contribution in [0, 0.1) is 5.92 Å². The van der Waals surface area contributed by atoms with Crippen LogP contribution in [0.1, 0.15) is 58.8 Å². The van der Waals surface area contributed by atoms with Gasteiger partial charge in [0.05, 0.1) is 18.0 Å². The minimum absolute atomic E-state index is 0.178. The Hall–Kier alpha value is -2.99. The maximum absolute atomic E-state index is 11.6. The number of pyridine rings is 1. The highest BCUT2D eigenvalue weighted by Crippen LogP contribution is 2.24. The fourth-order valence-corrected chi connectivity index (χ4v) is 3.26. The number of nitrogens with zero attached hydrogens (tertiary/aromatic N) is 1. The zero-order chi connectivity index (χ0) is 23.4. The Kier molecular flexibility index (Phi) is 11.2. The molecule has 2 aromatic heterocycles. The van der Waals surface area contributed by atoms with Gasteiger partial charge >= 0.3 is 0 Å². The molecule has 6 nitrogen and oxygen atoms in total. The average molecular weight is 428 g/mol. The zero-order valence-electron chi connectivity index (χ0n) is 19.4. The van der Waals surface area contributed by atoms with Crippen molar-refractivity contribution in [3.8, 4) is 5.75 Å². The lowest BCUT2D eigenvalue weighted by Crippen LogP contribution is -2.14. The van der Waals surface area contributed by atoms with Crippen LogP contribution in [0.5, 0.6) is 5.75 Å². The first kappa shape index (κ1) is 26.0. The lowest BCUT2D eigenvalue weighted by Gasteiger charge is -2.20. The van der Waals surface area contributed by atoms with E-state index in [-0.39, 0.29) is 11.7 Å². The topological polar surface area (TPSA) is 90.3 Å². The lowest BCUT2D eigenvalue weighted by molar-refractivity contribution is 0.191. The Labute approximate surface area is 185 Å². The van der Waals surface area contributed by atoms with Gasteiger partial charge in [-0.15, -0.1) is 0 Å². The molecule has 0 saturated heterocycles. The van der Waals surface area contributed by atoms with Gasteiger partial charge < -0.3 is 25.1 Å². The molecule has 0 aliphatic rings. The molecule has 170 valence electrons. The van der Waals surface area contributed by atoms with Crippen LogP contribution in [-0.2, 0) is 0 Å². The summed E-state index contributed by atoms with van der Waals surface area (Å²) in [4.78, 5) is 14.6. The van der Waals surface area contributed by atoms with E-state index in [1.165, 1.54) is 17.8 Å². The normalized spacial score (nSPS) is 13.4. The van der Waals surface area contributed by atoms with E-state index in [0.717, 1.165) is 18.7 Å². The summed E-state index contributed by atoms with van der Waals surface area (Å²) < 4.78 is 1.61. The van der Waals surface area contributed by atoms with Crippen molar-refractivity contribution in [3.05, 3.63) is 76.9 Å². The fourth-order valence-electron chi connectivity index (χ4n) is 3.26. The second kappa shape index (κ2) is 13.3. The Bertz CT molecular complexity index is 922. The van der Waals surface area contributed by atoms with Gasteiger partial charge in [-0.05, 0) is 45.7 Å². The summed E-state index contributed by atoms with van der Waals surface area (Å²) in [5, 5.41) is 22.6. The number of H-pyrrole nitrogens is 1. The van der Waals surface area contributed by atoms with E-state index in [0.29, 0.717) is 17.8 Å². The molecule has 0 amide bonds. The number of hydrogen-bond donors (Lipinski definition) is 4. The standard InChI is InChI=1S/C20H29NO3.C5H8N2/c1-6-8-14(3)10-17(9-7-2)11-15(4)21-13-20(24)19(23)12-18(21)16(5)22;1-6-5-3-2-4-7-5/h7,9-10,12-13,16-17,22,24H,4,6,8,11H2,1-3,5H3;2-4,6-7H,1H3/b9-7-,14-10-;. The van der Waals surface area contributed by atoms with E-state index in [4.69, 9.17) is 0 Å². The summed E-state index contributed by atoms with van der Waals surface area (Å²) in [6.45, 7) is 11.9. The Balaban J connectivity index is 0.000000577. The molecular formula is C25H37N3O3. The number of hydrogen-bond acceptors (Lipinski definition) is 4. The molecule has 0 spiro atoms. The first-order valence-electron chi connectivity index (χ1n) is 10.7. The van der Waals surface area contributed by atoms with Crippen LogP contribution >= 0.6 is 0 Å².